The lowest BCUT2D eigenvalue weighted by atomic mass is 10.1. The maximum Gasteiger partial charge on any atom is 0.308 e. The van der Waals surface area contributed by atoms with Crippen molar-refractivity contribution in [2.75, 3.05) is 19.6 Å². The molecule has 29 heavy (non-hydrogen) atoms. The van der Waals surface area contributed by atoms with Crippen LogP contribution in [0.3, 0.4) is 0 Å². The van der Waals surface area contributed by atoms with E-state index >= 15 is 0 Å². The van der Waals surface area contributed by atoms with E-state index in [-0.39, 0.29) is 31.2 Å². The van der Waals surface area contributed by atoms with Gasteiger partial charge in [-0.1, -0.05) is 60.7 Å². The summed E-state index contributed by atoms with van der Waals surface area (Å²) in [7, 11) is 0. The number of nitrogens with zero attached hydrogens (tertiary/aromatic N) is 1. The van der Waals surface area contributed by atoms with Gasteiger partial charge in [0.2, 0.25) is 12.0 Å². The van der Waals surface area contributed by atoms with Crippen molar-refractivity contribution < 1.29 is 19.1 Å². The van der Waals surface area contributed by atoms with E-state index in [9.17, 15) is 14.4 Å². The monoisotopic (exact) mass is 394 g/mol. The van der Waals surface area contributed by atoms with E-state index in [1.807, 2.05) is 48.5 Å². The number of esters is 1. The van der Waals surface area contributed by atoms with Gasteiger partial charge in [0.05, 0.1) is 12.8 Å². The van der Waals surface area contributed by atoms with E-state index in [0.29, 0.717) is 18.7 Å². The zero-order valence-electron chi connectivity index (χ0n) is 16.4. The van der Waals surface area contributed by atoms with Gasteiger partial charge in [0.15, 0.2) is 0 Å². The molecule has 1 aliphatic rings. The number of hydrogen-bond donors (Lipinski definition) is 1. The first-order valence-corrected chi connectivity index (χ1v) is 9.97. The molecule has 1 N–H and O–H groups in total. The molecule has 1 heterocycles. The van der Waals surface area contributed by atoms with E-state index in [0.717, 1.165) is 18.4 Å². The molecule has 2 amide bonds. The van der Waals surface area contributed by atoms with Crippen LogP contribution in [-0.2, 0) is 25.5 Å². The van der Waals surface area contributed by atoms with Gasteiger partial charge in [0, 0.05) is 25.2 Å². The summed E-state index contributed by atoms with van der Waals surface area (Å²) < 4.78 is 5.53. The topological polar surface area (TPSA) is 75.7 Å². The number of amides is 2. The molecule has 1 aliphatic heterocycles. The van der Waals surface area contributed by atoms with Crippen molar-refractivity contribution in [3.63, 3.8) is 0 Å². The minimum atomic E-state index is -0.943. The molecular weight excluding hydrogens is 368 g/mol. The van der Waals surface area contributed by atoms with Crippen LogP contribution in [0.2, 0.25) is 0 Å². The van der Waals surface area contributed by atoms with Crippen molar-refractivity contribution in [2.24, 2.45) is 0 Å². The smallest absolute Gasteiger partial charge is 0.308 e. The summed E-state index contributed by atoms with van der Waals surface area (Å²) >= 11 is 0. The van der Waals surface area contributed by atoms with Crippen molar-refractivity contribution in [3.8, 4) is 0 Å². The second-order valence-electron chi connectivity index (χ2n) is 7.08. The van der Waals surface area contributed by atoms with Crippen molar-refractivity contribution in [3.05, 3.63) is 71.8 Å². The maximum atomic E-state index is 12.8. The lowest BCUT2D eigenvalue weighted by Crippen LogP contribution is -2.35. The third kappa shape index (κ3) is 6.17. The van der Waals surface area contributed by atoms with Gasteiger partial charge in [-0.05, 0) is 18.4 Å². The highest BCUT2D eigenvalue weighted by atomic mass is 16.5. The second kappa shape index (κ2) is 10.4. The molecule has 2 aromatic rings. The van der Waals surface area contributed by atoms with E-state index < -0.39 is 12.1 Å². The standard InChI is InChI=1S/C23H26N2O4/c26-20(17-18-9-3-1-4-10-18)24-14-13-21(27)29-22(19-11-5-2-6-12-19)23(28)25-15-7-8-16-25/h1-6,9-12,22H,7-8,13-17H2,(H,24,26). The van der Waals surface area contributed by atoms with Gasteiger partial charge in [-0.25, -0.2) is 0 Å². The van der Waals surface area contributed by atoms with Crippen LogP contribution in [0.4, 0.5) is 0 Å². The number of carbonyl (C=O) groups is 3. The summed E-state index contributed by atoms with van der Waals surface area (Å²) in [5.41, 5.74) is 1.57. The zero-order chi connectivity index (χ0) is 20.5. The minimum Gasteiger partial charge on any atom is -0.447 e. The Morgan fingerprint density at radius 2 is 1.55 bits per heavy atom. The summed E-state index contributed by atoms with van der Waals surface area (Å²) in [6.07, 6.45) is 1.26. The number of nitrogens with one attached hydrogen (secondary N) is 1. The normalized spacial score (nSPS) is 14.3. The Morgan fingerprint density at radius 3 is 2.21 bits per heavy atom. The fourth-order valence-electron chi connectivity index (χ4n) is 3.33. The minimum absolute atomic E-state index is 0.0111. The summed E-state index contributed by atoms with van der Waals surface area (Å²) in [5, 5.41) is 2.72. The van der Waals surface area contributed by atoms with Crippen LogP contribution in [0.1, 0.15) is 36.5 Å². The second-order valence-corrected chi connectivity index (χ2v) is 7.08. The highest BCUT2D eigenvalue weighted by Crippen LogP contribution is 2.23. The fourth-order valence-corrected chi connectivity index (χ4v) is 3.33. The van der Waals surface area contributed by atoms with Crippen molar-refractivity contribution >= 4 is 17.8 Å². The Balaban J connectivity index is 1.51. The highest BCUT2D eigenvalue weighted by Gasteiger charge is 2.30. The molecule has 0 aromatic heterocycles. The van der Waals surface area contributed by atoms with Crippen LogP contribution in [0.15, 0.2) is 60.7 Å². The molecule has 0 radical (unpaired) electrons. The summed E-state index contributed by atoms with van der Waals surface area (Å²) in [5.74, 6) is -0.849. The van der Waals surface area contributed by atoms with Gasteiger partial charge in [-0.2, -0.15) is 0 Å². The molecular formula is C23H26N2O4. The third-order valence-corrected chi connectivity index (χ3v) is 4.85. The Kier molecular flexibility index (Phi) is 7.39. The third-order valence-electron chi connectivity index (χ3n) is 4.85. The lowest BCUT2D eigenvalue weighted by molar-refractivity contribution is -0.160. The molecule has 1 unspecified atom stereocenters. The SMILES string of the molecule is O=C(Cc1ccccc1)NCCC(=O)OC(C(=O)N1CCCC1)c1ccccc1. The molecule has 0 aliphatic carbocycles. The Labute approximate surface area is 170 Å². The van der Waals surface area contributed by atoms with Gasteiger partial charge in [0.25, 0.3) is 5.91 Å². The Morgan fingerprint density at radius 1 is 0.931 bits per heavy atom. The number of ether oxygens (including phenoxy) is 1. The van der Waals surface area contributed by atoms with E-state index in [1.54, 1.807) is 17.0 Å². The molecule has 0 saturated carbocycles. The summed E-state index contributed by atoms with van der Waals surface area (Å²) in [6.45, 7) is 1.55. The molecule has 2 aromatic carbocycles. The maximum absolute atomic E-state index is 12.8. The van der Waals surface area contributed by atoms with E-state index in [2.05, 4.69) is 5.32 Å². The summed E-state index contributed by atoms with van der Waals surface area (Å²) in [6, 6.07) is 18.5. The van der Waals surface area contributed by atoms with Crippen LogP contribution in [0.5, 0.6) is 0 Å². The highest BCUT2D eigenvalue weighted by molar-refractivity contribution is 5.85. The molecule has 3 rings (SSSR count). The van der Waals surface area contributed by atoms with Crippen LogP contribution < -0.4 is 5.32 Å². The average Bonchev–Trinajstić information content (AvgIpc) is 3.28. The van der Waals surface area contributed by atoms with Gasteiger partial charge in [-0.15, -0.1) is 0 Å². The van der Waals surface area contributed by atoms with Crippen molar-refractivity contribution in [1.29, 1.82) is 0 Å². The van der Waals surface area contributed by atoms with Crippen LogP contribution in [0.25, 0.3) is 0 Å². The zero-order valence-corrected chi connectivity index (χ0v) is 16.4. The summed E-state index contributed by atoms with van der Waals surface area (Å²) in [4.78, 5) is 38.9. The van der Waals surface area contributed by atoms with Gasteiger partial charge < -0.3 is 15.0 Å². The first kappa shape index (κ1) is 20.6. The molecule has 0 spiro atoms. The Hall–Kier alpha value is -3.15. The largest absolute Gasteiger partial charge is 0.447 e. The molecule has 6 heteroatoms. The molecule has 1 saturated heterocycles. The molecule has 1 fully saturated rings. The number of carbonyl (C=O) groups excluding carboxylic acids is 3. The Bertz CT molecular complexity index is 817. The number of rotatable bonds is 8. The van der Waals surface area contributed by atoms with Crippen molar-refractivity contribution in [2.45, 2.75) is 31.8 Å². The van der Waals surface area contributed by atoms with Crippen LogP contribution >= 0.6 is 0 Å². The first-order valence-electron chi connectivity index (χ1n) is 9.97. The van der Waals surface area contributed by atoms with Crippen LogP contribution in [0, 0.1) is 0 Å². The number of hydrogen-bond acceptors (Lipinski definition) is 4. The van der Waals surface area contributed by atoms with Gasteiger partial charge in [-0.3, -0.25) is 14.4 Å². The van der Waals surface area contributed by atoms with Gasteiger partial charge in [0.1, 0.15) is 0 Å². The predicted octanol–water partition coefficient (Wildman–Crippen LogP) is 2.64. The van der Waals surface area contributed by atoms with Crippen LogP contribution in [-0.4, -0.2) is 42.3 Å². The number of benzene rings is 2. The lowest BCUT2D eigenvalue weighted by Gasteiger charge is -2.23. The van der Waals surface area contributed by atoms with Crippen molar-refractivity contribution in [1.82, 2.24) is 10.2 Å². The molecule has 1 atom stereocenters. The predicted molar refractivity (Wildman–Crippen MR) is 109 cm³/mol. The quantitative estimate of drug-likeness (QED) is 0.699. The molecule has 152 valence electrons. The number of likely N-dealkylation sites (tertiary alicyclic amines) is 1. The van der Waals surface area contributed by atoms with E-state index in [1.165, 1.54) is 0 Å². The average molecular weight is 394 g/mol. The van der Waals surface area contributed by atoms with E-state index in [4.69, 9.17) is 4.74 Å². The molecule has 0 bridgehead atoms. The fraction of sp³-hybridized carbons (Fsp3) is 0.348. The first-order chi connectivity index (χ1) is 14.1. The molecule has 6 nitrogen and oxygen atoms in total. The van der Waals surface area contributed by atoms with Gasteiger partial charge >= 0.3 is 5.97 Å².